The first-order chi connectivity index (χ1) is 10.6. The number of thiocarbonyl (C=S) groups is 1. The van der Waals surface area contributed by atoms with E-state index in [-0.39, 0.29) is 11.0 Å². The molecule has 0 unspecified atom stereocenters. The third-order valence-corrected chi connectivity index (χ3v) is 3.45. The predicted octanol–water partition coefficient (Wildman–Crippen LogP) is 1.79. The molecule has 0 radical (unpaired) electrons. The van der Waals surface area contributed by atoms with Crippen LogP contribution in [0.3, 0.4) is 0 Å². The van der Waals surface area contributed by atoms with E-state index in [0.717, 1.165) is 0 Å². The summed E-state index contributed by atoms with van der Waals surface area (Å²) in [6.45, 7) is 0. The number of nitrogens with zero attached hydrogens (tertiary/aromatic N) is 1. The van der Waals surface area contributed by atoms with Gasteiger partial charge in [0.15, 0.2) is 5.11 Å². The number of aromatic nitrogens is 1. The highest BCUT2D eigenvalue weighted by atomic mass is 79.9. The molecule has 2 amide bonds. The summed E-state index contributed by atoms with van der Waals surface area (Å²) in [5, 5.41) is 2.45. The van der Waals surface area contributed by atoms with Gasteiger partial charge in [-0.25, -0.2) is 0 Å². The minimum absolute atomic E-state index is 0.0157. The smallest absolute Gasteiger partial charge is 0.271 e. The Balaban J connectivity index is 1.87. The Bertz CT molecular complexity index is 709. The second kappa shape index (κ2) is 7.62. The molecule has 0 aliphatic heterocycles. The van der Waals surface area contributed by atoms with Crippen LogP contribution in [0.25, 0.3) is 0 Å². The molecule has 6 nitrogen and oxygen atoms in total. The van der Waals surface area contributed by atoms with Crippen LogP contribution in [0, 0.1) is 0 Å². The summed E-state index contributed by atoms with van der Waals surface area (Å²) in [7, 11) is 0. The predicted molar refractivity (Wildman–Crippen MR) is 89.0 cm³/mol. The molecule has 0 aliphatic rings. The summed E-state index contributed by atoms with van der Waals surface area (Å²) < 4.78 is 0.648. The third-order valence-electron chi connectivity index (χ3n) is 2.56. The number of carbonyl (C=O) groups is 2. The number of carbonyl (C=O) groups excluding carboxylic acids is 2. The fourth-order valence-corrected chi connectivity index (χ4v) is 2.14. The Morgan fingerprint density at radius 2 is 1.82 bits per heavy atom. The number of halogens is 1. The Morgan fingerprint density at radius 1 is 1.05 bits per heavy atom. The summed E-state index contributed by atoms with van der Waals surface area (Å²) in [4.78, 5) is 27.6. The first-order valence-electron chi connectivity index (χ1n) is 6.14. The van der Waals surface area contributed by atoms with Gasteiger partial charge in [0.2, 0.25) is 0 Å². The van der Waals surface area contributed by atoms with Crippen molar-refractivity contribution in [1.29, 1.82) is 0 Å². The Labute approximate surface area is 140 Å². The lowest BCUT2D eigenvalue weighted by Crippen LogP contribution is -2.48. The highest BCUT2D eigenvalue weighted by Crippen LogP contribution is 2.15. The van der Waals surface area contributed by atoms with Crippen molar-refractivity contribution in [3.05, 3.63) is 64.4 Å². The van der Waals surface area contributed by atoms with E-state index in [1.54, 1.807) is 42.6 Å². The highest BCUT2D eigenvalue weighted by Gasteiger charge is 2.11. The van der Waals surface area contributed by atoms with Gasteiger partial charge in [0, 0.05) is 16.9 Å². The van der Waals surface area contributed by atoms with Crippen LogP contribution >= 0.6 is 28.1 Å². The molecule has 0 spiro atoms. The van der Waals surface area contributed by atoms with Crippen molar-refractivity contribution < 1.29 is 9.59 Å². The van der Waals surface area contributed by atoms with Crippen molar-refractivity contribution in [2.45, 2.75) is 0 Å². The molecule has 0 saturated heterocycles. The number of pyridine rings is 1. The van der Waals surface area contributed by atoms with Crippen LogP contribution in [0.1, 0.15) is 20.7 Å². The maximum absolute atomic E-state index is 12.0. The zero-order valence-electron chi connectivity index (χ0n) is 11.2. The van der Waals surface area contributed by atoms with E-state index in [0.29, 0.717) is 15.6 Å². The average Bonchev–Trinajstić information content (AvgIpc) is 2.53. The van der Waals surface area contributed by atoms with Crippen LogP contribution in [-0.4, -0.2) is 21.9 Å². The molecule has 112 valence electrons. The first kappa shape index (κ1) is 16.1. The van der Waals surface area contributed by atoms with Gasteiger partial charge < -0.3 is 0 Å². The molecule has 0 aliphatic carbocycles. The minimum atomic E-state index is -0.411. The van der Waals surface area contributed by atoms with Crippen molar-refractivity contribution in [3.63, 3.8) is 0 Å². The maximum atomic E-state index is 12.0. The number of rotatable bonds is 2. The zero-order chi connectivity index (χ0) is 15.9. The molecule has 2 aromatic rings. The first-order valence-corrected chi connectivity index (χ1v) is 7.34. The molecule has 2 rings (SSSR count). The number of amides is 2. The van der Waals surface area contributed by atoms with Crippen molar-refractivity contribution in [1.82, 2.24) is 21.2 Å². The number of hydrogen-bond donors (Lipinski definition) is 3. The summed E-state index contributed by atoms with van der Waals surface area (Å²) in [6, 6.07) is 10.2. The Kier molecular flexibility index (Phi) is 5.56. The normalized spacial score (nSPS) is 9.68. The Morgan fingerprint density at radius 3 is 2.50 bits per heavy atom. The lowest BCUT2D eigenvalue weighted by molar-refractivity contribution is 0.0934. The maximum Gasteiger partial charge on any atom is 0.271 e. The zero-order valence-corrected chi connectivity index (χ0v) is 13.6. The SMILES string of the molecule is O=C(NNC(=S)NC(=O)c1ccccc1Br)c1cccnc1. The third kappa shape index (κ3) is 4.34. The van der Waals surface area contributed by atoms with Gasteiger partial charge >= 0.3 is 0 Å². The van der Waals surface area contributed by atoms with Crippen LogP contribution in [-0.2, 0) is 0 Å². The molecule has 1 aromatic heterocycles. The van der Waals surface area contributed by atoms with E-state index in [4.69, 9.17) is 12.2 Å². The molecule has 1 heterocycles. The van der Waals surface area contributed by atoms with Crippen LogP contribution in [0.4, 0.5) is 0 Å². The Hall–Kier alpha value is -2.32. The monoisotopic (exact) mass is 378 g/mol. The lowest BCUT2D eigenvalue weighted by Gasteiger charge is -2.11. The molecule has 0 saturated carbocycles. The lowest BCUT2D eigenvalue weighted by atomic mass is 10.2. The van der Waals surface area contributed by atoms with E-state index in [2.05, 4.69) is 37.1 Å². The summed E-state index contributed by atoms with van der Waals surface area (Å²) in [5.41, 5.74) is 5.64. The van der Waals surface area contributed by atoms with Crippen molar-refractivity contribution in [2.24, 2.45) is 0 Å². The van der Waals surface area contributed by atoms with Gasteiger partial charge in [-0.05, 0) is 52.4 Å². The number of hydrazine groups is 1. The number of benzene rings is 1. The van der Waals surface area contributed by atoms with Crippen LogP contribution in [0.15, 0.2) is 53.3 Å². The van der Waals surface area contributed by atoms with Gasteiger partial charge in [0.05, 0.1) is 11.1 Å². The fourth-order valence-electron chi connectivity index (χ4n) is 1.53. The van der Waals surface area contributed by atoms with Gasteiger partial charge in [-0.1, -0.05) is 12.1 Å². The number of nitrogens with one attached hydrogen (secondary N) is 3. The summed E-state index contributed by atoms with van der Waals surface area (Å²) >= 11 is 8.23. The molecule has 8 heteroatoms. The van der Waals surface area contributed by atoms with Gasteiger partial charge in [0.1, 0.15) is 0 Å². The van der Waals surface area contributed by atoms with E-state index in [1.165, 1.54) is 6.20 Å². The topological polar surface area (TPSA) is 83.1 Å². The van der Waals surface area contributed by atoms with Gasteiger partial charge in [-0.2, -0.15) is 0 Å². The molecule has 22 heavy (non-hydrogen) atoms. The molecule has 3 N–H and O–H groups in total. The fraction of sp³-hybridized carbons (Fsp3) is 0. The van der Waals surface area contributed by atoms with Gasteiger partial charge in [-0.3, -0.25) is 30.7 Å². The van der Waals surface area contributed by atoms with Crippen LogP contribution in [0.2, 0.25) is 0 Å². The van der Waals surface area contributed by atoms with Crippen molar-refractivity contribution in [3.8, 4) is 0 Å². The van der Waals surface area contributed by atoms with Crippen molar-refractivity contribution >= 4 is 45.1 Å². The second-order valence-electron chi connectivity index (χ2n) is 4.08. The highest BCUT2D eigenvalue weighted by molar-refractivity contribution is 9.10. The molecular weight excluding hydrogens is 368 g/mol. The quantitative estimate of drug-likeness (QED) is 0.548. The molecule has 0 fully saturated rings. The largest absolute Gasteiger partial charge is 0.298 e. The van der Waals surface area contributed by atoms with E-state index < -0.39 is 5.91 Å². The van der Waals surface area contributed by atoms with Crippen molar-refractivity contribution in [2.75, 3.05) is 0 Å². The number of hydrogen-bond acceptors (Lipinski definition) is 4. The standard InChI is InChI=1S/C14H11BrN4O2S/c15-11-6-2-1-5-10(11)13(21)17-14(22)19-18-12(20)9-4-3-7-16-8-9/h1-8H,(H,18,20)(H2,17,19,21,22). The minimum Gasteiger partial charge on any atom is -0.298 e. The molecule has 0 bridgehead atoms. The molecule has 1 aromatic carbocycles. The van der Waals surface area contributed by atoms with Gasteiger partial charge in [0.25, 0.3) is 11.8 Å². The molecule has 0 atom stereocenters. The van der Waals surface area contributed by atoms with E-state index in [9.17, 15) is 9.59 Å². The van der Waals surface area contributed by atoms with Crippen LogP contribution < -0.4 is 16.2 Å². The average molecular weight is 379 g/mol. The second-order valence-corrected chi connectivity index (χ2v) is 5.35. The van der Waals surface area contributed by atoms with E-state index in [1.807, 2.05) is 0 Å². The van der Waals surface area contributed by atoms with Crippen LogP contribution in [0.5, 0.6) is 0 Å². The van der Waals surface area contributed by atoms with Gasteiger partial charge in [-0.15, -0.1) is 0 Å². The summed E-state index contributed by atoms with van der Waals surface area (Å²) in [6.07, 6.45) is 2.98. The molecular formula is C14H11BrN4O2S. The van der Waals surface area contributed by atoms with E-state index >= 15 is 0 Å². The summed E-state index contributed by atoms with van der Waals surface area (Å²) in [5.74, 6) is -0.800.